The van der Waals surface area contributed by atoms with Crippen LogP contribution in [-0.4, -0.2) is 64.2 Å². The van der Waals surface area contributed by atoms with Crippen LogP contribution in [-0.2, 0) is 19.0 Å². The maximum absolute atomic E-state index is 12.0. The van der Waals surface area contributed by atoms with Crippen molar-refractivity contribution in [3.63, 3.8) is 0 Å². The fourth-order valence-electron chi connectivity index (χ4n) is 2.71. The van der Waals surface area contributed by atoms with E-state index in [1.807, 2.05) is 0 Å². The Bertz CT molecular complexity index is 662. The number of nitrogens with one attached hydrogen (secondary N) is 1. The number of rotatable bonds is 4. The average Bonchev–Trinajstić information content (AvgIpc) is 3.01. The van der Waals surface area contributed by atoms with Gasteiger partial charge in [-0.3, -0.25) is 9.69 Å². The number of anilines is 2. The van der Waals surface area contributed by atoms with Crippen LogP contribution in [0.5, 0.6) is 0 Å². The Morgan fingerprint density at radius 2 is 1.92 bits per heavy atom. The van der Waals surface area contributed by atoms with E-state index in [1.165, 1.54) is 12.0 Å². The van der Waals surface area contributed by atoms with Crippen molar-refractivity contribution in [2.24, 2.45) is 0 Å². The van der Waals surface area contributed by atoms with Gasteiger partial charge in [0.05, 0.1) is 26.8 Å². The predicted octanol–water partition coefficient (Wildman–Crippen LogP) is 0.731. The van der Waals surface area contributed by atoms with Gasteiger partial charge in [0.25, 0.3) is 5.91 Å². The van der Waals surface area contributed by atoms with Gasteiger partial charge in [-0.05, 0) is 24.3 Å². The standard InChI is InChI=1S/C16H19N3O6/c1-23-15(21)17-8-13-9-19(16(22)25-13)12-4-2-11(3-5-12)18-6-7-24-10-14(18)20/h2-5,13H,6-10H2,1H3,(H,17,21)/t13-/m0/s1. The highest BCUT2D eigenvalue weighted by Gasteiger charge is 2.32. The van der Waals surface area contributed by atoms with Crippen LogP contribution in [0.1, 0.15) is 0 Å². The molecule has 2 aliphatic heterocycles. The molecule has 25 heavy (non-hydrogen) atoms. The van der Waals surface area contributed by atoms with Crippen LogP contribution in [0.15, 0.2) is 24.3 Å². The number of amides is 3. The molecule has 0 bridgehead atoms. The second-order valence-electron chi connectivity index (χ2n) is 5.60. The number of nitrogens with zero attached hydrogens (tertiary/aromatic N) is 2. The first kappa shape index (κ1) is 17.0. The zero-order chi connectivity index (χ0) is 17.8. The summed E-state index contributed by atoms with van der Waals surface area (Å²) in [5.41, 5.74) is 1.42. The summed E-state index contributed by atoms with van der Waals surface area (Å²) in [5.74, 6) is -0.0893. The summed E-state index contributed by atoms with van der Waals surface area (Å²) in [5, 5.41) is 2.50. The van der Waals surface area contributed by atoms with E-state index < -0.39 is 18.3 Å². The van der Waals surface area contributed by atoms with Crippen molar-refractivity contribution in [2.75, 3.05) is 49.8 Å². The molecule has 2 fully saturated rings. The first-order chi connectivity index (χ1) is 12.1. The molecule has 3 amide bonds. The minimum absolute atomic E-state index is 0.0784. The quantitative estimate of drug-likeness (QED) is 0.861. The normalized spacial score (nSPS) is 20.4. The first-order valence-electron chi connectivity index (χ1n) is 7.86. The van der Waals surface area contributed by atoms with Crippen molar-refractivity contribution < 1.29 is 28.6 Å². The van der Waals surface area contributed by atoms with Crippen molar-refractivity contribution >= 4 is 29.5 Å². The topological polar surface area (TPSA) is 97.4 Å². The fourth-order valence-corrected chi connectivity index (χ4v) is 2.71. The molecule has 0 aromatic heterocycles. The number of cyclic esters (lactones) is 1. The SMILES string of the molecule is COC(=O)NC[C@H]1CN(c2ccc(N3CCOCC3=O)cc2)C(=O)O1. The molecule has 0 radical (unpaired) electrons. The lowest BCUT2D eigenvalue weighted by molar-refractivity contribution is -0.125. The lowest BCUT2D eigenvalue weighted by atomic mass is 10.2. The zero-order valence-electron chi connectivity index (χ0n) is 13.8. The Morgan fingerprint density at radius 1 is 1.24 bits per heavy atom. The summed E-state index contributed by atoms with van der Waals surface area (Å²) in [7, 11) is 1.27. The van der Waals surface area contributed by atoms with E-state index in [2.05, 4.69) is 10.1 Å². The molecule has 2 saturated heterocycles. The second kappa shape index (κ2) is 7.39. The maximum atomic E-state index is 12.0. The van der Waals surface area contributed by atoms with Gasteiger partial charge in [0.2, 0.25) is 0 Å². The van der Waals surface area contributed by atoms with Crippen molar-refractivity contribution in [2.45, 2.75) is 6.10 Å². The van der Waals surface area contributed by atoms with Gasteiger partial charge in [0.1, 0.15) is 12.7 Å². The number of hydrogen-bond donors (Lipinski definition) is 1. The summed E-state index contributed by atoms with van der Waals surface area (Å²) < 4.78 is 14.8. The third kappa shape index (κ3) is 3.82. The lowest BCUT2D eigenvalue weighted by Gasteiger charge is -2.27. The molecule has 9 heteroatoms. The smallest absolute Gasteiger partial charge is 0.414 e. The Morgan fingerprint density at radius 3 is 2.56 bits per heavy atom. The monoisotopic (exact) mass is 349 g/mol. The van der Waals surface area contributed by atoms with Crippen LogP contribution in [0.2, 0.25) is 0 Å². The largest absolute Gasteiger partial charge is 0.453 e. The molecule has 2 aliphatic rings. The Balaban J connectivity index is 1.63. The molecular formula is C16H19N3O6. The van der Waals surface area contributed by atoms with Crippen LogP contribution in [0, 0.1) is 0 Å². The number of benzene rings is 1. The number of carbonyl (C=O) groups is 3. The average molecular weight is 349 g/mol. The molecular weight excluding hydrogens is 330 g/mol. The summed E-state index contributed by atoms with van der Waals surface area (Å²) in [6.07, 6.45) is -1.51. The highest BCUT2D eigenvalue weighted by molar-refractivity contribution is 5.95. The third-order valence-corrected chi connectivity index (χ3v) is 3.99. The molecule has 0 saturated carbocycles. The van der Waals surface area contributed by atoms with Crippen LogP contribution >= 0.6 is 0 Å². The molecule has 0 unspecified atom stereocenters. The van der Waals surface area contributed by atoms with Crippen LogP contribution in [0.25, 0.3) is 0 Å². The van der Waals surface area contributed by atoms with E-state index in [-0.39, 0.29) is 19.1 Å². The number of methoxy groups -OCH3 is 1. The van der Waals surface area contributed by atoms with E-state index in [9.17, 15) is 14.4 Å². The predicted molar refractivity (Wildman–Crippen MR) is 87.6 cm³/mol. The van der Waals surface area contributed by atoms with Gasteiger partial charge in [0, 0.05) is 17.9 Å². The highest BCUT2D eigenvalue weighted by Crippen LogP contribution is 2.25. The molecule has 3 rings (SSSR count). The Hall–Kier alpha value is -2.81. The van der Waals surface area contributed by atoms with Crippen molar-refractivity contribution in [1.82, 2.24) is 5.32 Å². The van der Waals surface area contributed by atoms with E-state index in [0.717, 1.165) is 5.69 Å². The molecule has 0 spiro atoms. The molecule has 1 aromatic rings. The van der Waals surface area contributed by atoms with Gasteiger partial charge < -0.3 is 24.4 Å². The van der Waals surface area contributed by atoms with Crippen LogP contribution in [0.3, 0.4) is 0 Å². The minimum atomic E-state index is -0.575. The maximum Gasteiger partial charge on any atom is 0.414 e. The molecule has 1 atom stereocenters. The van der Waals surface area contributed by atoms with Gasteiger partial charge in [0.15, 0.2) is 0 Å². The van der Waals surface area contributed by atoms with Crippen molar-refractivity contribution in [3.05, 3.63) is 24.3 Å². The molecule has 134 valence electrons. The zero-order valence-corrected chi connectivity index (χ0v) is 13.8. The van der Waals surface area contributed by atoms with E-state index in [4.69, 9.17) is 9.47 Å². The molecule has 9 nitrogen and oxygen atoms in total. The number of alkyl carbamates (subject to hydrolysis) is 1. The minimum Gasteiger partial charge on any atom is -0.453 e. The van der Waals surface area contributed by atoms with Gasteiger partial charge in [-0.2, -0.15) is 0 Å². The van der Waals surface area contributed by atoms with Crippen LogP contribution in [0.4, 0.5) is 21.0 Å². The van der Waals surface area contributed by atoms with E-state index in [0.29, 0.717) is 25.4 Å². The molecule has 2 heterocycles. The van der Waals surface area contributed by atoms with E-state index in [1.54, 1.807) is 29.2 Å². The van der Waals surface area contributed by atoms with Crippen molar-refractivity contribution in [3.8, 4) is 0 Å². The first-order valence-corrected chi connectivity index (χ1v) is 7.86. The number of ether oxygens (including phenoxy) is 3. The number of hydrogen-bond acceptors (Lipinski definition) is 6. The molecule has 1 N–H and O–H groups in total. The lowest BCUT2D eigenvalue weighted by Crippen LogP contribution is -2.41. The van der Waals surface area contributed by atoms with Gasteiger partial charge in [-0.15, -0.1) is 0 Å². The van der Waals surface area contributed by atoms with Gasteiger partial charge in [-0.25, -0.2) is 9.59 Å². The third-order valence-electron chi connectivity index (χ3n) is 3.99. The second-order valence-corrected chi connectivity index (χ2v) is 5.60. The summed E-state index contributed by atoms with van der Waals surface area (Å²) in [6.45, 7) is 1.58. The molecule has 1 aromatic carbocycles. The molecule has 0 aliphatic carbocycles. The van der Waals surface area contributed by atoms with E-state index >= 15 is 0 Å². The van der Waals surface area contributed by atoms with Gasteiger partial charge in [-0.1, -0.05) is 0 Å². The number of carbonyl (C=O) groups excluding carboxylic acids is 3. The summed E-state index contributed by atoms with van der Waals surface area (Å²) in [6, 6.07) is 7.09. The van der Waals surface area contributed by atoms with Crippen LogP contribution < -0.4 is 15.1 Å². The Kier molecular flexibility index (Phi) is 5.03. The fraction of sp³-hybridized carbons (Fsp3) is 0.438. The summed E-state index contributed by atoms with van der Waals surface area (Å²) in [4.78, 5) is 38.1. The highest BCUT2D eigenvalue weighted by atomic mass is 16.6. The van der Waals surface area contributed by atoms with Crippen molar-refractivity contribution in [1.29, 1.82) is 0 Å². The number of morpholine rings is 1. The van der Waals surface area contributed by atoms with Gasteiger partial charge >= 0.3 is 12.2 Å². The summed E-state index contributed by atoms with van der Waals surface area (Å²) >= 11 is 0. The Labute approximate surface area is 144 Å².